The normalized spacial score (nSPS) is 12.3. The fraction of sp³-hybridized carbons (Fsp3) is 0.143. The van der Waals surface area contributed by atoms with Crippen LogP contribution in [-0.4, -0.2) is 7.11 Å². The monoisotopic (exact) mass is 346 g/mol. The van der Waals surface area contributed by atoms with Gasteiger partial charge in [0.25, 0.3) is 0 Å². The lowest BCUT2D eigenvalue weighted by molar-refractivity contribution is 0.411. The summed E-state index contributed by atoms with van der Waals surface area (Å²) in [5.41, 5.74) is 0.515. The summed E-state index contributed by atoms with van der Waals surface area (Å²) in [6.07, 6.45) is 0. The molecule has 0 aliphatic carbocycles. The molecular weight excluding hydrogens is 338 g/mol. The van der Waals surface area contributed by atoms with E-state index in [0.717, 1.165) is 0 Å². The number of ether oxygens (including phenoxy) is 1. The van der Waals surface area contributed by atoms with Gasteiger partial charge in [0.1, 0.15) is 17.4 Å². The zero-order valence-corrected chi connectivity index (χ0v) is 12.3. The van der Waals surface area contributed by atoms with Crippen molar-refractivity contribution in [1.29, 1.82) is 0 Å². The van der Waals surface area contributed by atoms with Crippen molar-refractivity contribution in [1.82, 2.24) is 0 Å². The van der Waals surface area contributed by atoms with Crippen LogP contribution >= 0.6 is 27.5 Å². The van der Waals surface area contributed by atoms with Gasteiger partial charge in [-0.15, -0.1) is 0 Å². The van der Waals surface area contributed by atoms with E-state index in [0.29, 0.717) is 11.3 Å². The number of halogens is 4. The van der Waals surface area contributed by atoms with Gasteiger partial charge in [-0.2, -0.15) is 0 Å². The fourth-order valence-corrected chi connectivity index (χ4v) is 2.99. The third kappa shape index (κ3) is 2.90. The standard InChI is InChI=1S/C14H10BrClF2O/c1-19-8-5-6-9(12(18)7-8)14(15)13-10(16)3-2-4-11(13)17/h2-7,14H,1H3. The predicted molar refractivity (Wildman–Crippen MR) is 75.1 cm³/mol. The molecular formula is C14H10BrClF2O. The molecule has 5 heteroatoms. The van der Waals surface area contributed by atoms with Gasteiger partial charge in [-0.25, -0.2) is 8.78 Å². The van der Waals surface area contributed by atoms with Gasteiger partial charge in [-0.3, -0.25) is 0 Å². The van der Waals surface area contributed by atoms with Crippen LogP contribution in [0, 0.1) is 11.6 Å². The molecule has 1 nitrogen and oxygen atoms in total. The number of hydrogen-bond donors (Lipinski definition) is 0. The number of methoxy groups -OCH3 is 1. The molecule has 2 aromatic carbocycles. The molecule has 0 aromatic heterocycles. The SMILES string of the molecule is COc1ccc(C(Br)c2c(F)cccc2Cl)c(F)c1. The lowest BCUT2D eigenvalue weighted by atomic mass is 10.0. The molecule has 2 aromatic rings. The van der Waals surface area contributed by atoms with Crippen LogP contribution in [0.1, 0.15) is 16.0 Å². The Kier molecular flexibility index (Phi) is 4.42. The lowest BCUT2D eigenvalue weighted by Gasteiger charge is -2.15. The van der Waals surface area contributed by atoms with E-state index in [4.69, 9.17) is 16.3 Å². The molecule has 0 aliphatic heterocycles. The number of hydrogen-bond acceptors (Lipinski definition) is 1. The average Bonchev–Trinajstić information content (AvgIpc) is 2.38. The largest absolute Gasteiger partial charge is 0.497 e. The first-order valence-electron chi connectivity index (χ1n) is 5.46. The molecule has 0 amide bonds. The van der Waals surface area contributed by atoms with Crippen molar-refractivity contribution in [3.8, 4) is 5.75 Å². The summed E-state index contributed by atoms with van der Waals surface area (Å²) >= 11 is 9.26. The van der Waals surface area contributed by atoms with Gasteiger partial charge < -0.3 is 4.74 Å². The van der Waals surface area contributed by atoms with Gasteiger partial charge in [0.2, 0.25) is 0 Å². The highest BCUT2D eigenvalue weighted by Crippen LogP contribution is 2.38. The molecule has 0 aliphatic rings. The van der Waals surface area contributed by atoms with Crippen LogP contribution in [0.3, 0.4) is 0 Å². The topological polar surface area (TPSA) is 9.23 Å². The summed E-state index contributed by atoms with van der Waals surface area (Å²) in [4.78, 5) is -0.660. The summed E-state index contributed by atoms with van der Waals surface area (Å²) in [6.45, 7) is 0. The zero-order valence-electron chi connectivity index (χ0n) is 9.96. The maximum absolute atomic E-state index is 14.0. The van der Waals surface area contributed by atoms with Crippen LogP contribution < -0.4 is 4.74 Å². The summed E-state index contributed by atoms with van der Waals surface area (Å²) < 4.78 is 32.7. The average molecular weight is 348 g/mol. The van der Waals surface area contributed by atoms with Crippen LogP contribution in [-0.2, 0) is 0 Å². The van der Waals surface area contributed by atoms with Gasteiger partial charge in [-0.05, 0) is 18.2 Å². The molecule has 100 valence electrons. The van der Waals surface area contributed by atoms with Gasteiger partial charge >= 0.3 is 0 Å². The van der Waals surface area contributed by atoms with E-state index >= 15 is 0 Å². The van der Waals surface area contributed by atoms with Crippen molar-refractivity contribution < 1.29 is 13.5 Å². The first-order chi connectivity index (χ1) is 9.04. The second-order valence-corrected chi connectivity index (χ2v) is 5.21. The highest BCUT2D eigenvalue weighted by atomic mass is 79.9. The van der Waals surface area contributed by atoms with Crippen LogP contribution in [0.2, 0.25) is 5.02 Å². The quantitative estimate of drug-likeness (QED) is 0.701. The Hall–Kier alpha value is -1.13. The number of benzene rings is 2. The van der Waals surface area contributed by atoms with E-state index in [1.807, 2.05) is 0 Å². The molecule has 0 radical (unpaired) electrons. The minimum absolute atomic E-state index is 0.216. The van der Waals surface area contributed by atoms with Crippen molar-refractivity contribution in [2.45, 2.75) is 4.83 Å². The molecule has 19 heavy (non-hydrogen) atoms. The highest BCUT2D eigenvalue weighted by Gasteiger charge is 2.21. The van der Waals surface area contributed by atoms with E-state index in [-0.39, 0.29) is 10.6 Å². The minimum Gasteiger partial charge on any atom is -0.497 e. The van der Waals surface area contributed by atoms with E-state index in [2.05, 4.69) is 15.9 Å². The molecule has 0 saturated carbocycles. The van der Waals surface area contributed by atoms with Crippen LogP contribution in [0.15, 0.2) is 36.4 Å². The third-order valence-corrected chi connectivity index (χ3v) is 4.01. The lowest BCUT2D eigenvalue weighted by Crippen LogP contribution is -2.01. The van der Waals surface area contributed by atoms with E-state index in [1.165, 1.54) is 31.4 Å². The minimum atomic E-state index is -0.660. The number of rotatable bonds is 3. The van der Waals surface area contributed by atoms with E-state index in [9.17, 15) is 8.78 Å². The van der Waals surface area contributed by atoms with Crippen molar-refractivity contribution in [3.63, 3.8) is 0 Å². The maximum atomic E-state index is 14.0. The Bertz CT molecular complexity index is 584. The molecule has 0 N–H and O–H groups in total. The Morgan fingerprint density at radius 2 is 1.89 bits per heavy atom. The second-order valence-electron chi connectivity index (χ2n) is 3.89. The zero-order chi connectivity index (χ0) is 14.0. The van der Waals surface area contributed by atoms with E-state index < -0.39 is 16.5 Å². The van der Waals surface area contributed by atoms with Crippen LogP contribution in [0.25, 0.3) is 0 Å². The Morgan fingerprint density at radius 3 is 2.47 bits per heavy atom. The summed E-state index contributed by atoms with van der Waals surface area (Å²) in [5, 5.41) is 0.247. The summed E-state index contributed by atoms with van der Waals surface area (Å²) in [7, 11) is 1.45. The molecule has 1 atom stereocenters. The molecule has 0 fully saturated rings. The van der Waals surface area contributed by atoms with Crippen LogP contribution in [0.5, 0.6) is 5.75 Å². The van der Waals surface area contributed by atoms with Crippen molar-refractivity contribution in [3.05, 3.63) is 64.2 Å². The van der Waals surface area contributed by atoms with Crippen molar-refractivity contribution in [2.24, 2.45) is 0 Å². The third-order valence-electron chi connectivity index (χ3n) is 2.73. The molecule has 0 spiro atoms. The molecule has 0 saturated heterocycles. The number of alkyl halides is 1. The van der Waals surface area contributed by atoms with Gasteiger partial charge in [-0.1, -0.05) is 39.7 Å². The fourth-order valence-electron chi connectivity index (χ4n) is 1.75. The molecule has 1 unspecified atom stereocenters. The van der Waals surface area contributed by atoms with Gasteiger partial charge in [0.05, 0.1) is 11.9 Å². The maximum Gasteiger partial charge on any atom is 0.131 e. The predicted octanol–water partition coefficient (Wildman–Crippen LogP) is 5.11. The van der Waals surface area contributed by atoms with Gasteiger partial charge in [0, 0.05) is 22.2 Å². The highest BCUT2D eigenvalue weighted by molar-refractivity contribution is 9.09. The molecule has 0 heterocycles. The second kappa shape index (κ2) is 5.88. The first kappa shape index (κ1) is 14.3. The van der Waals surface area contributed by atoms with E-state index in [1.54, 1.807) is 12.1 Å². The smallest absolute Gasteiger partial charge is 0.131 e. The Balaban J connectivity index is 2.47. The Labute approximate surface area is 123 Å². The van der Waals surface area contributed by atoms with Gasteiger partial charge in [0.15, 0.2) is 0 Å². The van der Waals surface area contributed by atoms with Crippen LogP contribution in [0.4, 0.5) is 8.78 Å². The van der Waals surface area contributed by atoms with Crippen molar-refractivity contribution >= 4 is 27.5 Å². The summed E-state index contributed by atoms with van der Waals surface area (Å²) in [5.74, 6) is -0.564. The molecule has 2 rings (SSSR count). The Morgan fingerprint density at radius 1 is 1.16 bits per heavy atom. The molecule has 0 bridgehead atoms. The first-order valence-corrected chi connectivity index (χ1v) is 6.75. The summed E-state index contributed by atoms with van der Waals surface area (Å²) in [6, 6.07) is 8.76. The van der Waals surface area contributed by atoms with Crippen molar-refractivity contribution in [2.75, 3.05) is 7.11 Å².